The minimum Gasteiger partial charge on any atom is -0.300 e. The molecule has 0 bridgehead atoms. The first kappa shape index (κ1) is 9.67. The first-order valence-electron chi connectivity index (χ1n) is 3.88. The molecule has 0 radical (unpaired) electrons. The summed E-state index contributed by atoms with van der Waals surface area (Å²) in [7, 11) is -1.60. The SMILES string of the molecule is CC(=O)C1CCN(C)S(=O)(=O)C1. The molecule has 1 heterocycles. The van der Waals surface area contributed by atoms with Gasteiger partial charge in [0.15, 0.2) is 0 Å². The Labute approximate surface area is 72.6 Å². The van der Waals surface area contributed by atoms with Gasteiger partial charge in [-0.15, -0.1) is 0 Å². The Kier molecular flexibility index (Phi) is 2.53. The number of hydrogen-bond donors (Lipinski definition) is 0. The predicted molar refractivity (Wildman–Crippen MR) is 45.2 cm³/mol. The van der Waals surface area contributed by atoms with Gasteiger partial charge in [-0.1, -0.05) is 0 Å². The molecule has 1 unspecified atom stereocenters. The maximum Gasteiger partial charge on any atom is 0.214 e. The van der Waals surface area contributed by atoms with Crippen molar-refractivity contribution in [3.05, 3.63) is 0 Å². The number of nitrogens with zero attached hydrogens (tertiary/aromatic N) is 1. The average molecular weight is 191 g/mol. The van der Waals surface area contributed by atoms with Crippen LogP contribution >= 0.6 is 0 Å². The molecule has 0 N–H and O–H groups in total. The molecule has 1 aliphatic rings. The monoisotopic (exact) mass is 191 g/mol. The van der Waals surface area contributed by atoms with Crippen LogP contribution in [0.1, 0.15) is 13.3 Å². The van der Waals surface area contributed by atoms with Gasteiger partial charge in [0.05, 0.1) is 5.75 Å². The second kappa shape index (κ2) is 3.14. The van der Waals surface area contributed by atoms with Crippen LogP contribution in [0.4, 0.5) is 0 Å². The van der Waals surface area contributed by atoms with Crippen LogP contribution < -0.4 is 0 Å². The zero-order valence-electron chi connectivity index (χ0n) is 7.28. The summed E-state index contributed by atoms with van der Waals surface area (Å²) in [5.41, 5.74) is 0. The third-order valence-electron chi connectivity index (χ3n) is 2.25. The maximum absolute atomic E-state index is 11.3. The van der Waals surface area contributed by atoms with Crippen molar-refractivity contribution < 1.29 is 13.2 Å². The zero-order valence-corrected chi connectivity index (χ0v) is 8.10. The highest BCUT2D eigenvalue weighted by molar-refractivity contribution is 7.89. The van der Waals surface area contributed by atoms with Gasteiger partial charge < -0.3 is 0 Å². The summed E-state index contributed by atoms with van der Waals surface area (Å²) in [6.07, 6.45) is 0.658. The Morgan fingerprint density at radius 3 is 2.50 bits per heavy atom. The van der Waals surface area contributed by atoms with E-state index in [1.165, 1.54) is 11.2 Å². The van der Waals surface area contributed by atoms with E-state index in [9.17, 15) is 13.2 Å². The molecule has 1 rings (SSSR count). The van der Waals surface area contributed by atoms with E-state index in [-0.39, 0.29) is 17.5 Å². The molecule has 4 nitrogen and oxygen atoms in total. The van der Waals surface area contributed by atoms with Crippen molar-refractivity contribution in [2.75, 3.05) is 19.3 Å². The number of ketones is 1. The summed E-state index contributed by atoms with van der Waals surface area (Å²) < 4.78 is 23.9. The highest BCUT2D eigenvalue weighted by atomic mass is 32.2. The Balaban J connectivity index is 2.77. The van der Waals surface area contributed by atoms with Gasteiger partial charge in [0.2, 0.25) is 10.0 Å². The van der Waals surface area contributed by atoms with E-state index in [0.717, 1.165) is 0 Å². The Hall–Kier alpha value is -0.420. The summed E-state index contributed by atoms with van der Waals surface area (Å²) in [6, 6.07) is 0. The standard InChI is InChI=1S/C7H13NO3S/c1-6(9)7-3-4-8(2)12(10,11)5-7/h7H,3-5H2,1-2H3. The molecule has 0 aromatic heterocycles. The second-order valence-corrected chi connectivity index (χ2v) is 5.32. The van der Waals surface area contributed by atoms with Crippen LogP contribution in [0.15, 0.2) is 0 Å². The van der Waals surface area contributed by atoms with Crippen molar-refractivity contribution in [1.29, 1.82) is 0 Å². The second-order valence-electron chi connectivity index (χ2n) is 3.20. The molecule has 0 aromatic rings. The number of Topliss-reactive ketones (excluding diaryl/α,β-unsaturated/α-hetero) is 1. The van der Waals surface area contributed by atoms with Crippen molar-refractivity contribution in [3.63, 3.8) is 0 Å². The Morgan fingerprint density at radius 1 is 1.50 bits per heavy atom. The van der Waals surface area contributed by atoms with Gasteiger partial charge in [0, 0.05) is 19.5 Å². The third kappa shape index (κ3) is 1.84. The van der Waals surface area contributed by atoms with E-state index >= 15 is 0 Å². The van der Waals surface area contributed by atoms with E-state index in [0.29, 0.717) is 13.0 Å². The van der Waals surface area contributed by atoms with Gasteiger partial charge in [-0.2, -0.15) is 0 Å². The number of sulfonamides is 1. The van der Waals surface area contributed by atoms with Crippen molar-refractivity contribution in [2.45, 2.75) is 13.3 Å². The number of rotatable bonds is 1. The fourth-order valence-corrected chi connectivity index (χ4v) is 2.81. The van der Waals surface area contributed by atoms with Crippen molar-refractivity contribution in [2.24, 2.45) is 5.92 Å². The fraction of sp³-hybridized carbons (Fsp3) is 0.857. The minimum atomic E-state index is -3.14. The van der Waals surface area contributed by atoms with Crippen LogP contribution in [0.3, 0.4) is 0 Å². The molecule has 1 fully saturated rings. The lowest BCUT2D eigenvalue weighted by Gasteiger charge is -2.26. The van der Waals surface area contributed by atoms with Crippen LogP contribution in [0.2, 0.25) is 0 Å². The lowest BCUT2D eigenvalue weighted by molar-refractivity contribution is -0.120. The van der Waals surface area contributed by atoms with E-state index in [4.69, 9.17) is 0 Å². The Bertz CT molecular complexity index is 283. The van der Waals surface area contributed by atoms with Crippen molar-refractivity contribution >= 4 is 15.8 Å². The molecule has 0 aliphatic carbocycles. The molecular weight excluding hydrogens is 178 g/mol. The average Bonchev–Trinajstić information content (AvgIpc) is 1.94. The predicted octanol–water partition coefficient (Wildman–Crippen LogP) is -0.143. The lowest BCUT2D eigenvalue weighted by Crippen LogP contribution is -2.41. The maximum atomic E-state index is 11.3. The summed E-state index contributed by atoms with van der Waals surface area (Å²) in [5.74, 6) is -0.323. The van der Waals surface area contributed by atoms with Crippen LogP contribution in [-0.2, 0) is 14.8 Å². The Morgan fingerprint density at radius 2 is 2.08 bits per heavy atom. The van der Waals surface area contributed by atoms with Gasteiger partial charge in [0.1, 0.15) is 5.78 Å². The molecule has 0 aromatic carbocycles. The van der Waals surface area contributed by atoms with Gasteiger partial charge in [-0.25, -0.2) is 12.7 Å². The summed E-state index contributed by atoms with van der Waals surface area (Å²) in [4.78, 5) is 10.9. The van der Waals surface area contributed by atoms with Crippen molar-refractivity contribution in [1.82, 2.24) is 4.31 Å². The highest BCUT2D eigenvalue weighted by Crippen LogP contribution is 2.18. The first-order valence-corrected chi connectivity index (χ1v) is 5.49. The van der Waals surface area contributed by atoms with E-state index in [2.05, 4.69) is 0 Å². The highest BCUT2D eigenvalue weighted by Gasteiger charge is 2.31. The number of carbonyl (C=O) groups excluding carboxylic acids is 1. The van der Waals surface area contributed by atoms with Crippen LogP contribution in [0.25, 0.3) is 0 Å². The summed E-state index contributed by atoms with van der Waals surface area (Å²) in [6.45, 7) is 1.91. The number of hydrogen-bond acceptors (Lipinski definition) is 3. The quantitative estimate of drug-likeness (QED) is 0.579. The van der Waals surface area contributed by atoms with Gasteiger partial charge in [-0.3, -0.25) is 4.79 Å². The van der Waals surface area contributed by atoms with E-state index < -0.39 is 10.0 Å². The summed E-state index contributed by atoms with van der Waals surface area (Å²) in [5, 5.41) is 0. The van der Waals surface area contributed by atoms with Crippen LogP contribution in [0.5, 0.6) is 0 Å². The van der Waals surface area contributed by atoms with E-state index in [1.54, 1.807) is 7.05 Å². The molecule has 1 atom stereocenters. The molecule has 5 heteroatoms. The zero-order chi connectivity index (χ0) is 9.35. The third-order valence-corrected chi connectivity index (χ3v) is 4.21. The molecule has 0 spiro atoms. The normalized spacial score (nSPS) is 30.0. The van der Waals surface area contributed by atoms with Gasteiger partial charge in [0.25, 0.3) is 0 Å². The van der Waals surface area contributed by atoms with Crippen LogP contribution in [-0.4, -0.2) is 37.9 Å². The smallest absolute Gasteiger partial charge is 0.214 e. The first-order chi connectivity index (χ1) is 5.43. The minimum absolute atomic E-state index is 0.0150. The molecule has 12 heavy (non-hydrogen) atoms. The largest absolute Gasteiger partial charge is 0.300 e. The van der Waals surface area contributed by atoms with Gasteiger partial charge in [-0.05, 0) is 13.3 Å². The number of carbonyl (C=O) groups is 1. The van der Waals surface area contributed by atoms with E-state index in [1.807, 2.05) is 0 Å². The lowest BCUT2D eigenvalue weighted by atomic mass is 10.0. The molecule has 1 aliphatic heterocycles. The molecule has 0 amide bonds. The molecule has 0 saturated carbocycles. The fourth-order valence-electron chi connectivity index (χ4n) is 1.26. The topological polar surface area (TPSA) is 54.5 Å². The molecular formula is C7H13NO3S. The van der Waals surface area contributed by atoms with Crippen LogP contribution in [0, 0.1) is 5.92 Å². The molecule has 70 valence electrons. The molecule has 1 saturated heterocycles. The van der Waals surface area contributed by atoms with Gasteiger partial charge >= 0.3 is 0 Å². The van der Waals surface area contributed by atoms with Crippen molar-refractivity contribution in [3.8, 4) is 0 Å². The summed E-state index contributed by atoms with van der Waals surface area (Å²) >= 11 is 0.